The third-order valence-corrected chi connectivity index (χ3v) is 7.67. The molecule has 0 unspecified atom stereocenters. The van der Waals surface area contributed by atoms with Crippen molar-refractivity contribution in [2.75, 3.05) is 25.4 Å². The first-order valence-corrected chi connectivity index (χ1v) is 13.8. The number of rotatable bonds is 7. The van der Waals surface area contributed by atoms with Crippen LogP contribution in [0.15, 0.2) is 71.3 Å². The number of amides is 2. The molecule has 2 amide bonds. The number of benzene rings is 2. The Morgan fingerprint density at radius 3 is 2.70 bits per heavy atom. The molecule has 9 nitrogen and oxygen atoms in total. The first-order chi connectivity index (χ1) is 20.7. The van der Waals surface area contributed by atoms with Gasteiger partial charge >= 0.3 is 0 Å². The van der Waals surface area contributed by atoms with Crippen LogP contribution < -0.4 is 14.4 Å². The number of anilines is 1. The van der Waals surface area contributed by atoms with Gasteiger partial charge in [0.1, 0.15) is 28.6 Å². The van der Waals surface area contributed by atoms with Crippen LogP contribution in [0.5, 0.6) is 5.75 Å². The van der Waals surface area contributed by atoms with Gasteiger partial charge in [0.05, 0.1) is 28.2 Å². The molecular weight excluding hydrogens is 569 g/mol. The van der Waals surface area contributed by atoms with Crippen molar-refractivity contribution < 1.29 is 23.1 Å². The van der Waals surface area contributed by atoms with Crippen LogP contribution >= 0.6 is 12.8 Å². The molecule has 0 atom stereocenters. The summed E-state index contributed by atoms with van der Waals surface area (Å²) in [5.41, 5.74) is 5.46. The lowest BCUT2D eigenvalue weighted by Gasteiger charge is -2.22. The van der Waals surface area contributed by atoms with Crippen LogP contribution in [0.2, 0.25) is 0 Å². The Hall–Kier alpha value is -5.03. The van der Waals surface area contributed by atoms with Gasteiger partial charge < -0.3 is 28.2 Å². The molecule has 11 heteroatoms. The first-order valence-electron chi connectivity index (χ1n) is 13.4. The number of halogens is 1. The third kappa shape index (κ3) is 4.71. The van der Waals surface area contributed by atoms with E-state index >= 15 is 0 Å². The van der Waals surface area contributed by atoms with Crippen molar-refractivity contribution in [1.82, 2.24) is 19.8 Å². The number of ether oxygens (including phenoxy) is 1. The topological polar surface area (TPSA) is 92.8 Å². The van der Waals surface area contributed by atoms with E-state index in [0.29, 0.717) is 68.1 Å². The second-order valence-corrected chi connectivity index (χ2v) is 10.7. The van der Waals surface area contributed by atoms with E-state index in [1.807, 2.05) is 41.8 Å². The molecule has 1 aliphatic rings. The number of nitrogens with zero attached hydrogens (tertiary/aromatic N) is 4. The molecule has 43 heavy (non-hydrogen) atoms. The van der Waals surface area contributed by atoms with Crippen LogP contribution in [0.3, 0.4) is 0 Å². The smallest absolute Gasteiger partial charge is 0.255 e. The minimum absolute atomic E-state index is 0.241. The van der Waals surface area contributed by atoms with Crippen LogP contribution in [-0.2, 0) is 11.5 Å². The second kappa shape index (κ2) is 11.0. The molecule has 0 aliphatic carbocycles. The minimum Gasteiger partial charge on any atom is -0.470 e. The van der Waals surface area contributed by atoms with Gasteiger partial charge in [-0.25, -0.2) is 9.37 Å². The Morgan fingerprint density at radius 1 is 1.16 bits per heavy atom. The standard InChI is InChI=1S/C32H28FN5O4S/c1-5-18(11-12-36(3)16-39)31-29(32(40)34-2)21-13-20(25(37(4)43)15-28(21)42-31)23-9-10-27-30(35-23)26-14-19-22(33)7-6-8-24(19)38(26)17-41-27/h5-16,43H,17H2,1-4H3,(H,34,40)/b12-11-,18-5+. The largest absolute Gasteiger partial charge is 0.470 e. The summed E-state index contributed by atoms with van der Waals surface area (Å²) in [4.78, 5) is 30.7. The summed E-state index contributed by atoms with van der Waals surface area (Å²) in [6.45, 7) is 2.06. The van der Waals surface area contributed by atoms with E-state index in [-0.39, 0.29) is 18.5 Å². The van der Waals surface area contributed by atoms with Gasteiger partial charge in [-0.1, -0.05) is 25.0 Å². The van der Waals surface area contributed by atoms with Gasteiger partial charge in [-0.05, 0) is 49.4 Å². The number of nitrogens with one attached hydrogen (secondary N) is 1. The van der Waals surface area contributed by atoms with Crippen molar-refractivity contribution in [2.45, 2.75) is 13.7 Å². The number of hydrogen-bond donors (Lipinski definition) is 2. The number of aromatic nitrogens is 2. The number of carbonyl (C=O) groups excluding carboxylic acids is 2. The number of allylic oxidation sites excluding steroid dienone is 3. The number of furan rings is 1. The number of carbonyl (C=O) groups is 2. The van der Waals surface area contributed by atoms with Crippen molar-refractivity contribution >= 4 is 58.3 Å². The fraction of sp³-hybridized carbons (Fsp3) is 0.156. The van der Waals surface area contributed by atoms with E-state index in [4.69, 9.17) is 14.1 Å². The predicted octanol–water partition coefficient (Wildman–Crippen LogP) is 6.25. The van der Waals surface area contributed by atoms with Crippen LogP contribution in [0, 0.1) is 5.82 Å². The molecule has 1 aliphatic heterocycles. The number of hydrogen-bond acceptors (Lipinski definition) is 7. The Balaban J connectivity index is 1.56. The monoisotopic (exact) mass is 597 g/mol. The van der Waals surface area contributed by atoms with Gasteiger partial charge in [0.25, 0.3) is 5.91 Å². The molecule has 0 bridgehead atoms. The molecule has 0 radical (unpaired) electrons. The van der Waals surface area contributed by atoms with Gasteiger partial charge in [0, 0.05) is 55.3 Å². The molecular formula is C32H28FN5O4S. The maximum atomic E-state index is 14.6. The zero-order chi connectivity index (χ0) is 30.4. The molecule has 5 aromatic rings. The number of fused-ring (bicyclic) bond motifs is 6. The van der Waals surface area contributed by atoms with Gasteiger partial charge in [-0.15, -0.1) is 0 Å². The van der Waals surface area contributed by atoms with E-state index < -0.39 is 0 Å². The van der Waals surface area contributed by atoms with Crippen molar-refractivity contribution in [3.05, 3.63) is 84.0 Å². The quantitative estimate of drug-likeness (QED) is 0.131. The second-order valence-electron chi connectivity index (χ2n) is 10.1. The normalized spacial score (nSPS) is 12.7. The fourth-order valence-electron chi connectivity index (χ4n) is 5.31. The summed E-state index contributed by atoms with van der Waals surface area (Å²) in [5.74, 6) is 0.298. The Labute approximate surface area is 252 Å². The summed E-state index contributed by atoms with van der Waals surface area (Å²) in [7, 11) is 4.96. The summed E-state index contributed by atoms with van der Waals surface area (Å²) >= 11 is 4.59. The summed E-state index contributed by atoms with van der Waals surface area (Å²) in [6.07, 6.45) is 5.78. The number of pyridine rings is 1. The Bertz CT molecular complexity index is 1990. The molecule has 4 heterocycles. The van der Waals surface area contributed by atoms with Gasteiger partial charge in [-0.2, -0.15) is 0 Å². The van der Waals surface area contributed by atoms with E-state index in [1.165, 1.54) is 11.0 Å². The molecule has 0 saturated carbocycles. The highest BCUT2D eigenvalue weighted by Crippen LogP contribution is 2.43. The van der Waals surface area contributed by atoms with Crippen molar-refractivity contribution in [2.24, 2.45) is 0 Å². The van der Waals surface area contributed by atoms with Crippen LogP contribution in [0.25, 0.3) is 50.1 Å². The average molecular weight is 598 g/mol. The van der Waals surface area contributed by atoms with Crippen LogP contribution in [0.1, 0.15) is 23.0 Å². The summed E-state index contributed by atoms with van der Waals surface area (Å²) in [5, 5.41) is 3.78. The molecule has 0 spiro atoms. The molecule has 3 aromatic heterocycles. The van der Waals surface area contributed by atoms with E-state index in [9.17, 15) is 14.0 Å². The lowest BCUT2D eigenvalue weighted by molar-refractivity contribution is -0.114. The van der Waals surface area contributed by atoms with Crippen LogP contribution in [0.4, 0.5) is 10.1 Å². The fourth-order valence-corrected chi connectivity index (χ4v) is 5.47. The van der Waals surface area contributed by atoms with E-state index in [1.54, 1.807) is 55.9 Å². The highest BCUT2D eigenvalue weighted by atomic mass is 32.1. The zero-order valence-electron chi connectivity index (χ0n) is 23.9. The van der Waals surface area contributed by atoms with E-state index in [2.05, 4.69) is 18.1 Å². The molecule has 0 fully saturated rings. The maximum absolute atomic E-state index is 14.6. The van der Waals surface area contributed by atoms with Gasteiger partial charge in [0.15, 0.2) is 6.73 Å². The van der Waals surface area contributed by atoms with Gasteiger partial charge in [0.2, 0.25) is 6.41 Å². The number of thiol groups is 1. The first kappa shape index (κ1) is 28.1. The third-order valence-electron chi connectivity index (χ3n) is 7.46. The lowest BCUT2D eigenvalue weighted by Crippen LogP contribution is -2.18. The highest BCUT2D eigenvalue weighted by Gasteiger charge is 2.27. The van der Waals surface area contributed by atoms with Crippen molar-refractivity contribution in [3.63, 3.8) is 0 Å². The lowest BCUT2D eigenvalue weighted by atomic mass is 10.00. The predicted molar refractivity (Wildman–Crippen MR) is 168 cm³/mol. The van der Waals surface area contributed by atoms with Crippen molar-refractivity contribution in [3.8, 4) is 28.4 Å². The van der Waals surface area contributed by atoms with Crippen molar-refractivity contribution in [1.29, 1.82) is 0 Å². The summed E-state index contributed by atoms with van der Waals surface area (Å²) < 4.78 is 30.5. The van der Waals surface area contributed by atoms with Gasteiger partial charge in [-0.3, -0.25) is 9.59 Å². The zero-order valence-corrected chi connectivity index (χ0v) is 24.8. The molecule has 6 rings (SSSR count). The Kier molecular flexibility index (Phi) is 7.18. The highest BCUT2D eigenvalue weighted by molar-refractivity contribution is 7.81. The Morgan fingerprint density at radius 2 is 1.98 bits per heavy atom. The van der Waals surface area contributed by atoms with E-state index in [0.717, 1.165) is 11.2 Å². The maximum Gasteiger partial charge on any atom is 0.255 e. The molecule has 0 saturated heterocycles. The molecule has 1 N–H and O–H groups in total. The molecule has 2 aromatic carbocycles. The average Bonchev–Trinajstić information content (AvgIpc) is 3.59. The SMILES string of the molecule is C/C=C(\C=C/N(C)C=O)c1oc2cc(N(C)S)c(-c3ccc4c(n3)-c3cc5c(F)cccc5n3CO4)cc2c1C(=O)NC. The molecule has 218 valence electrons. The summed E-state index contributed by atoms with van der Waals surface area (Å²) in [6, 6.07) is 14.1. The van der Waals surface area contributed by atoms with Crippen LogP contribution in [-0.4, -0.2) is 47.9 Å². The minimum atomic E-state index is -0.332.